The molecule has 1 saturated heterocycles. The summed E-state index contributed by atoms with van der Waals surface area (Å²) >= 11 is 0. The van der Waals surface area contributed by atoms with Crippen molar-refractivity contribution in [3.63, 3.8) is 0 Å². The molecular weight excluding hydrogens is 300 g/mol. The van der Waals surface area contributed by atoms with Crippen molar-refractivity contribution >= 4 is 23.6 Å². The summed E-state index contributed by atoms with van der Waals surface area (Å²) < 4.78 is 0. The third-order valence-corrected chi connectivity index (χ3v) is 4.06. The molecule has 3 rings (SSSR count). The van der Waals surface area contributed by atoms with E-state index in [4.69, 9.17) is 11.0 Å². The molecule has 1 fully saturated rings. The van der Waals surface area contributed by atoms with E-state index in [0.717, 1.165) is 0 Å². The van der Waals surface area contributed by atoms with Crippen LogP contribution in [0.1, 0.15) is 44.7 Å². The predicted octanol–water partition coefficient (Wildman–Crippen LogP) is -0.582. The molecular formula is C15H12N4O4. The maximum atomic E-state index is 12.7. The first-order valence-electron chi connectivity index (χ1n) is 6.94. The molecule has 8 heteroatoms. The smallest absolute Gasteiger partial charge is 0.256 e. The summed E-state index contributed by atoms with van der Waals surface area (Å²) in [4.78, 5) is 48.8. The molecule has 1 unspecified atom stereocenters. The lowest BCUT2D eigenvalue weighted by molar-refractivity contribution is -0.136. The Morgan fingerprint density at radius 1 is 1.35 bits per heavy atom. The van der Waals surface area contributed by atoms with E-state index in [-0.39, 0.29) is 42.0 Å². The number of nitriles is 1. The number of hydrogen-bond acceptors (Lipinski definition) is 5. The number of hydrogen-bond donors (Lipinski definition) is 2. The average molecular weight is 312 g/mol. The summed E-state index contributed by atoms with van der Waals surface area (Å²) in [5, 5.41) is 11.3. The zero-order chi connectivity index (χ0) is 16.7. The van der Waals surface area contributed by atoms with Crippen molar-refractivity contribution in [3.05, 3.63) is 34.4 Å². The van der Waals surface area contributed by atoms with Crippen LogP contribution in [0.2, 0.25) is 0 Å². The standard InChI is InChI=1S/C15H12N4O4/c16-5-7-1-2-8-6-19(9-3-4-10(20)18-14(9)22)15(23)12(8)11(7)13(17)21/h1-2,9H,3-4,6H2,(H2,17,21)(H,18,20,22). The molecule has 1 aromatic carbocycles. The van der Waals surface area contributed by atoms with Crippen LogP contribution in [-0.2, 0) is 16.1 Å². The number of fused-ring (bicyclic) bond motifs is 1. The molecule has 0 aliphatic carbocycles. The van der Waals surface area contributed by atoms with E-state index in [0.29, 0.717) is 5.56 Å². The number of nitrogens with two attached hydrogens (primary N) is 1. The van der Waals surface area contributed by atoms with Crippen molar-refractivity contribution in [3.8, 4) is 6.07 Å². The van der Waals surface area contributed by atoms with Crippen LogP contribution in [-0.4, -0.2) is 34.6 Å². The Bertz CT molecular complexity index is 808. The lowest BCUT2D eigenvalue weighted by Gasteiger charge is -2.29. The van der Waals surface area contributed by atoms with Gasteiger partial charge >= 0.3 is 0 Å². The van der Waals surface area contributed by atoms with Crippen LogP contribution >= 0.6 is 0 Å². The van der Waals surface area contributed by atoms with E-state index in [1.54, 1.807) is 6.07 Å². The number of carbonyl (C=O) groups excluding carboxylic acids is 4. The van der Waals surface area contributed by atoms with Crippen molar-refractivity contribution in [2.75, 3.05) is 0 Å². The highest BCUT2D eigenvalue weighted by Gasteiger charge is 2.41. The van der Waals surface area contributed by atoms with Gasteiger partial charge in [-0.05, 0) is 18.1 Å². The second-order valence-corrected chi connectivity index (χ2v) is 5.40. The van der Waals surface area contributed by atoms with E-state index in [2.05, 4.69) is 5.32 Å². The van der Waals surface area contributed by atoms with E-state index in [1.807, 2.05) is 6.07 Å². The average Bonchev–Trinajstić information content (AvgIpc) is 2.83. The summed E-state index contributed by atoms with van der Waals surface area (Å²) in [6, 6.07) is 4.07. The molecule has 8 nitrogen and oxygen atoms in total. The molecule has 23 heavy (non-hydrogen) atoms. The molecule has 1 aromatic rings. The van der Waals surface area contributed by atoms with Crippen LogP contribution in [0.15, 0.2) is 12.1 Å². The number of amides is 4. The minimum Gasteiger partial charge on any atom is -0.366 e. The number of carbonyl (C=O) groups is 4. The van der Waals surface area contributed by atoms with Gasteiger partial charge in [0.05, 0.1) is 22.8 Å². The Morgan fingerprint density at radius 2 is 2.09 bits per heavy atom. The SMILES string of the molecule is N#Cc1ccc2c(c1C(N)=O)C(=O)N(C1CCC(=O)NC1=O)C2. The molecule has 0 radical (unpaired) electrons. The van der Waals surface area contributed by atoms with E-state index in [9.17, 15) is 19.2 Å². The Balaban J connectivity index is 2.02. The number of imide groups is 1. The molecule has 2 heterocycles. The number of benzene rings is 1. The Kier molecular flexibility index (Phi) is 3.33. The van der Waals surface area contributed by atoms with Gasteiger partial charge < -0.3 is 10.6 Å². The largest absolute Gasteiger partial charge is 0.366 e. The van der Waals surface area contributed by atoms with Crippen molar-refractivity contribution in [2.45, 2.75) is 25.4 Å². The Hall–Kier alpha value is -3.21. The quantitative estimate of drug-likeness (QED) is 0.705. The van der Waals surface area contributed by atoms with Gasteiger partial charge in [-0.25, -0.2) is 0 Å². The third kappa shape index (κ3) is 2.23. The van der Waals surface area contributed by atoms with Crippen LogP contribution < -0.4 is 11.1 Å². The van der Waals surface area contributed by atoms with Crippen molar-refractivity contribution in [1.82, 2.24) is 10.2 Å². The highest BCUT2D eigenvalue weighted by molar-refractivity contribution is 6.12. The summed E-state index contributed by atoms with van der Waals surface area (Å²) in [6.45, 7) is 0.131. The first-order valence-corrected chi connectivity index (χ1v) is 6.94. The number of nitrogens with one attached hydrogen (secondary N) is 1. The third-order valence-electron chi connectivity index (χ3n) is 4.06. The molecule has 0 bridgehead atoms. The summed E-state index contributed by atoms with van der Waals surface area (Å²) in [7, 11) is 0. The Morgan fingerprint density at radius 3 is 2.70 bits per heavy atom. The number of nitrogens with zero attached hydrogens (tertiary/aromatic N) is 2. The molecule has 0 aromatic heterocycles. The van der Waals surface area contributed by atoms with Crippen LogP contribution in [0.25, 0.3) is 0 Å². The second-order valence-electron chi connectivity index (χ2n) is 5.40. The summed E-state index contributed by atoms with van der Waals surface area (Å²) in [5.74, 6) is -2.30. The highest BCUT2D eigenvalue weighted by Crippen LogP contribution is 2.31. The molecule has 0 spiro atoms. The van der Waals surface area contributed by atoms with Crippen LogP contribution in [0.4, 0.5) is 0 Å². The monoisotopic (exact) mass is 312 g/mol. The lowest BCUT2D eigenvalue weighted by Crippen LogP contribution is -2.52. The van der Waals surface area contributed by atoms with E-state index < -0.39 is 23.8 Å². The fraction of sp³-hybridized carbons (Fsp3) is 0.267. The maximum Gasteiger partial charge on any atom is 0.256 e. The molecule has 1 atom stereocenters. The summed E-state index contributed by atoms with van der Waals surface area (Å²) in [5.41, 5.74) is 5.82. The van der Waals surface area contributed by atoms with Crippen molar-refractivity contribution < 1.29 is 19.2 Å². The van der Waals surface area contributed by atoms with Gasteiger partial charge in [0.1, 0.15) is 6.04 Å². The lowest BCUT2D eigenvalue weighted by atomic mass is 9.97. The van der Waals surface area contributed by atoms with E-state index >= 15 is 0 Å². The minimum atomic E-state index is -0.864. The molecule has 2 aliphatic rings. The minimum absolute atomic E-state index is 0.0229. The molecule has 2 aliphatic heterocycles. The fourth-order valence-electron chi connectivity index (χ4n) is 3.00. The van der Waals surface area contributed by atoms with Gasteiger partial charge in [0, 0.05) is 13.0 Å². The topological polar surface area (TPSA) is 133 Å². The van der Waals surface area contributed by atoms with Gasteiger partial charge in [-0.3, -0.25) is 24.5 Å². The van der Waals surface area contributed by atoms with Gasteiger partial charge in [-0.15, -0.1) is 0 Å². The van der Waals surface area contributed by atoms with Crippen LogP contribution in [0.3, 0.4) is 0 Å². The predicted molar refractivity (Wildman–Crippen MR) is 75.7 cm³/mol. The van der Waals surface area contributed by atoms with E-state index in [1.165, 1.54) is 11.0 Å². The molecule has 4 amide bonds. The molecule has 116 valence electrons. The van der Waals surface area contributed by atoms with Crippen molar-refractivity contribution in [1.29, 1.82) is 5.26 Å². The molecule has 3 N–H and O–H groups in total. The number of rotatable bonds is 2. The molecule has 0 saturated carbocycles. The Labute approximate surface area is 130 Å². The number of primary amides is 1. The summed E-state index contributed by atoms with van der Waals surface area (Å²) in [6.07, 6.45) is 0.365. The zero-order valence-electron chi connectivity index (χ0n) is 12.0. The van der Waals surface area contributed by atoms with Gasteiger partial charge in [-0.1, -0.05) is 6.07 Å². The highest BCUT2D eigenvalue weighted by atomic mass is 16.2. The number of piperidine rings is 1. The first-order chi connectivity index (χ1) is 10.9. The second kappa shape index (κ2) is 5.21. The van der Waals surface area contributed by atoms with Gasteiger partial charge in [-0.2, -0.15) is 5.26 Å². The van der Waals surface area contributed by atoms with Gasteiger partial charge in [0.25, 0.3) is 11.8 Å². The first kappa shape index (κ1) is 14.7. The van der Waals surface area contributed by atoms with Gasteiger partial charge in [0.15, 0.2) is 0 Å². The van der Waals surface area contributed by atoms with Crippen LogP contribution in [0, 0.1) is 11.3 Å². The zero-order valence-corrected chi connectivity index (χ0v) is 12.0. The van der Waals surface area contributed by atoms with Gasteiger partial charge in [0.2, 0.25) is 11.8 Å². The van der Waals surface area contributed by atoms with Crippen LogP contribution in [0.5, 0.6) is 0 Å². The normalized spacial score (nSPS) is 20.0. The maximum absolute atomic E-state index is 12.7. The van der Waals surface area contributed by atoms with Crippen molar-refractivity contribution in [2.24, 2.45) is 5.73 Å². The fourth-order valence-corrected chi connectivity index (χ4v) is 3.00.